The number of nitrogens with zero attached hydrogens (tertiary/aromatic N) is 1. The number of benzene rings is 1. The van der Waals surface area contributed by atoms with Crippen molar-refractivity contribution < 1.29 is 13.6 Å². The Bertz CT molecular complexity index is 623. The van der Waals surface area contributed by atoms with Crippen molar-refractivity contribution >= 4 is 16.9 Å². The maximum absolute atomic E-state index is 13.1. The molecule has 1 aromatic carbocycles. The van der Waals surface area contributed by atoms with Crippen LogP contribution in [0.15, 0.2) is 28.7 Å². The van der Waals surface area contributed by atoms with Gasteiger partial charge in [0, 0.05) is 31.1 Å². The van der Waals surface area contributed by atoms with Crippen LogP contribution in [0.5, 0.6) is 0 Å². The highest BCUT2D eigenvalue weighted by Gasteiger charge is 2.24. The predicted molar refractivity (Wildman–Crippen MR) is 69.5 cm³/mol. The largest absolute Gasteiger partial charge is 0.451 e. The van der Waals surface area contributed by atoms with E-state index in [1.54, 1.807) is 17.0 Å². The van der Waals surface area contributed by atoms with Gasteiger partial charge in [-0.1, -0.05) is 0 Å². The molecule has 1 aliphatic heterocycles. The zero-order valence-electron chi connectivity index (χ0n) is 10.6. The van der Waals surface area contributed by atoms with E-state index in [2.05, 4.69) is 5.32 Å². The molecule has 19 heavy (non-hydrogen) atoms. The van der Waals surface area contributed by atoms with Crippen LogP contribution in [-0.4, -0.2) is 36.5 Å². The van der Waals surface area contributed by atoms with Crippen molar-refractivity contribution in [3.8, 4) is 0 Å². The summed E-state index contributed by atoms with van der Waals surface area (Å²) in [6.45, 7) is 4.13. The first-order chi connectivity index (χ1) is 9.13. The van der Waals surface area contributed by atoms with Gasteiger partial charge in [-0.15, -0.1) is 0 Å². The van der Waals surface area contributed by atoms with E-state index >= 15 is 0 Å². The summed E-state index contributed by atoms with van der Waals surface area (Å²) >= 11 is 0. The van der Waals surface area contributed by atoms with Crippen LogP contribution in [0.25, 0.3) is 11.0 Å². The third-order valence-electron chi connectivity index (χ3n) is 3.35. The standard InChI is InChI=1S/C14H15FN2O2/c1-9-8-17(5-4-16-9)14(18)13-7-10-6-11(15)2-3-12(10)19-13/h2-3,6-7,9,16H,4-5,8H2,1H3. The highest BCUT2D eigenvalue weighted by Crippen LogP contribution is 2.21. The second-order valence-electron chi connectivity index (χ2n) is 4.90. The van der Waals surface area contributed by atoms with Gasteiger partial charge in [0.1, 0.15) is 11.4 Å². The molecule has 4 nitrogen and oxygen atoms in total. The van der Waals surface area contributed by atoms with Crippen LogP contribution in [0.2, 0.25) is 0 Å². The Labute approximate surface area is 110 Å². The number of rotatable bonds is 1. The Morgan fingerprint density at radius 2 is 2.32 bits per heavy atom. The van der Waals surface area contributed by atoms with Crippen molar-refractivity contribution in [3.63, 3.8) is 0 Å². The SMILES string of the molecule is CC1CN(C(=O)c2cc3cc(F)ccc3o2)CCN1. The highest BCUT2D eigenvalue weighted by atomic mass is 19.1. The third-order valence-corrected chi connectivity index (χ3v) is 3.35. The minimum absolute atomic E-state index is 0.134. The van der Waals surface area contributed by atoms with Gasteiger partial charge in [0.2, 0.25) is 0 Å². The lowest BCUT2D eigenvalue weighted by Gasteiger charge is -2.31. The van der Waals surface area contributed by atoms with Gasteiger partial charge < -0.3 is 14.6 Å². The number of hydrogen-bond donors (Lipinski definition) is 1. The number of halogens is 1. The molecule has 1 unspecified atom stereocenters. The fourth-order valence-corrected chi connectivity index (χ4v) is 2.39. The number of furan rings is 1. The first-order valence-electron chi connectivity index (χ1n) is 6.35. The summed E-state index contributed by atoms with van der Waals surface area (Å²) in [7, 11) is 0. The van der Waals surface area contributed by atoms with E-state index in [9.17, 15) is 9.18 Å². The lowest BCUT2D eigenvalue weighted by molar-refractivity contribution is 0.0679. The Kier molecular flexibility index (Phi) is 2.98. The zero-order chi connectivity index (χ0) is 13.4. The van der Waals surface area contributed by atoms with E-state index < -0.39 is 0 Å². The summed E-state index contributed by atoms with van der Waals surface area (Å²) in [4.78, 5) is 14.1. The Balaban J connectivity index is 1.88. The van der Waals surface area contributed by atoms with Crippen molar-refractivity contribution in [2.24, 2.45) is 0 Å². The fraction of sp³-hybridized carbons (Fsp3) is 0.357. The van der Waals surface area contributed by atoms with E-state index in [0.29, 0.717) is 24.1 Å². The van der Waals surface area contributed by atoms with E-state index in [4.69, 9.17) is 4.42 Å². The molecule has 3 rings (SSSR count). The Hall–Kier alpha value is -1.88. The molecule has 1 N–H and O–H groups in total. The maximum Gasteiger partial charge on any atom is 0.289 e. The van der Waals surface area contributed by atoms with E-state index in [1.807, 2.05) is 6.92 Å². The quantitative estimate of drug-likeness (QED) is 0.855. The Morgan fingerprint density at radius 1 is 1.47 bits per heavy atom. The van der Waals surface area contributed by atoms with Gasteiger partial charge in [0.15, 0.2) is 5.76 Å². The molecule has 0 bridgehead atoms. The van der Waals surface area contributed by atoms with Crippen molar-refractivity contribution in [2.75, 3.05) is 19.6 Å². The number of fused-ring (bicyclic) bond motifs is 1. The van der Waals surface area contributed by atoms with Gasteiger partial charge in [-0.2, -0.15) is 0 Å². The number of carbonyl (C=O) groups excluding carboxylic acids is 1. The predicted octanol–water partition coefficient (Wildman–Crippen LogP) is 2.01. The van der Waals surface area contributed by atoms with Gasteiger partial charge in [0.25, 0.3) is 5.91 Å². The smallest absolute Gasteiger partial charge is 0.289 e. The third kappa shape index (κ3) is 2.33. The topological polar surface area (TPSA) is 45.5 Å². The Morgan fingerprint density at radius 3 is 3.11 bits per heavy atom. The number of carbonyl (C=O) groups is 1. The molecular formula is C14H15FN2O2. The van der Waals surface area contributed by atoms with Crippen LogP contribution >= 0.6 is 0 Å². The molecule has 1 aromatic heterocycles. The first kappa shape index (κ1) is 12.2. The molecule has 0 radical (unpaired) electrons. The summed E-state index contributed by atoms with van der Waals surface area (Å²) in [5, 5.41) is 3.90. The van der Waals surface area contributed by atoms with E-state index in [0.717, 1.165) is 6.54 Å². The van der Waals surface area contributed by atoms with Gasteiger partial charge in [-0.25, -0.2) is 4.39 Å². The summed E-state index contributed by atoms with van der Waals surface area (Å²) in [6, 6.07) is 6.12. The lowest BCUT2D eigenvalue weighted by atomic mass is 10.2. The zero-order valence-corrected chi connectivity index (χ0v) is 10.6. The van der Waals surface area contributed by atoms with Crippen LogP contribution in [0, 0.1) is 5.82 Å². The van der Waals surface area contributed by atoms with Crippen molar-refractivity contribution in [1.29, 1.82) is 0 Å². The van der Waals surface area contributed by atoms with Crippen LogP contribution in [-0.2, 0) is 0 Å². The summed E-state index contributed by atoms with van der Waals surface area (Å²) in [5.74, 6) is -0.192. The van der Waals surface area contributed by atoms with Gasteiger partial charge >= 0.3 is 0 Å². The molecule has 1 aliphatic rings. The summed E-state index contributed by atoms with van der Waals surface area (Å²) in [5.41, 5.74) is 0.535. The first-order valence-corrected chi connectivity index (χ1v) is 6.35. The molecule has 0 spiro atoms. The van der Waals surface area contributed by atoms with Crippen LogP contribution < -0.4 is 5.32 Å². The highest BCUT2D eigenvalue weighted by molar-refractivity contribution is 5.96. The minimum atomic E-state index is -0.330. The molecule has 2 heterocycles. The molecule has 0 aliphatic carbocycles. The lowest BCUT2D eigenvalue weighted by Crippen LogP contribution is -2.51. The summed E-state index contributed by atoms with van der Waals surface area (Å²) < 4.78 is 18.6. The maximum atomic E-state index is 13.1. The molecule has 1 saturated heterocycles. The monoisotopic (exact) mass is 262 g/mol. The molecule has 0 saturated carbocycles. The second kappa shape index (κ2) is 4.66. The molecule has 1 atom stereocenters. The molecule has 1 fully saturated rings. The van der Waals surface area contributed by atoms with E-state index in [1.165, 1.54) is 12.1 Å². The average Bonchev–Trinajstić information content (AvgIpc) is 2.80. The van der Waals surface area contributed by atoms with Crippen LogP contribution in [0.1, 0.15) is 17.5 Å². The van der Waals surface area contributed by atoms with Gasteiger partial charge in [-0.3, -0.25) is 4.79 Å². The van der Waals surface area contributed by atoms with Crippen molar-refractivity contribution in [3.05, 3.63) is 35.8 Å². The summed E-state index contributed by atoms with van der Waals surface area (Å²) in [6.07, 6.45) is 0. The van der Waals surface area contributed by atoms with Crippen molar-refractivity contribution in [1.82, 2.24) is 10.2 Å². The van der Waals surface area contributed by atoms with Crippen LogP contribution in [0.4, 0.5) is 4.39 Å². The van der Waals surface area contributed by atoms with Crippen molar-refractivity contribution in [2.45, 2.75) is 13.0 Å². The minimum Gasteiger partial charge on any atom is -0.451 e. The molecule has 1 amide bonds. The molecule has 2 aromatic rings. The molecule has 5 heteroatoms. The number of piperazine rings is 1. The molecule has 100 valence electrons. The molecular weight excluding hydrogens is 247 g/mol. The van der Waals surface area contributed by atoms with Crippen LogP contribution in [0.3, 0.4) is 0 Å². The normalized spacial score (nSPS) is 19.9. The number of hydrogen-bond acceptors (Lipinski definition) is 3. The van der Waals surface area contributed by atoms with Gasteiger partial charge in [-0.05, 0) is 31.2 Å². The fourth-order valence-electron chi connectivity index (χ4n) is 2.39. The van der Waals surface area contributed by atoms with E-state index in [-0.39, 0.29) is 23.5 Å². The number of amides is 1. The number of nitrogens with one attached hydrogen (secondary N) is 1. The second-order valence-corrected chi connectivity index (χ2v) is 4.90. The van der Waals surface area contributed by atoms with Gasteiger partial charge in [0.05, 0.1) is 0 Å². The average molecular weight is 262 g/mol.